The van der Waals surface area contributed by atoms with Crippen molar-refractivity contribution >= 4 is 11.9 Å². The van der Waals surface area contributed by atoms with Crippen LogP contribution in [0.25, 0.3) is 6.08 Å². The lowest BCUT2D eigenvalue weighted by molar-refractivity contribution is -0.119. The first-order chi connectivity index (χ1) is 9.22. The fraction of sp³-hybridized carbons (Fsp3) is 0.500. The van der Waals surface area contributed by atoms with Gasteiger partial charge in [-0.3, -0.25) is 9.78 Å². The Hall–Kier alpha value is -1.48. The van der Waals surface area contributed by atoms with Crippen molar-refractivity contribution in [1.82, 2.24) is 10.3 Å². The monoisotopic (exact) mass is 260 g/mol. The van der Waals surface area contributed by atoms with Gasteiger partial charge in [-0.15, -0.1) is 0 Å². The lowest BCUT2D eigenvalue weighted by atomic mass is 10.00. The SMILES string of the molecule is CCCC(C)CC(=O)CNC/C=C/c1cccnc1. The van der Waals surface area contributed by atoms with Crippen molar-refractivity contribution in [2.45, 2.75) is 33.1 Å². The fourth-order valence-electron chi connectivity index (χ4n) is 2.02. The summed E-state index contributed by atoms with van der Waals surface area (Å²) in [6.45, 7) is 5.47. The molecule has 0 aromatic carbocycles. The molecule has 1 heterocycles. The van der Waals surface area contributed by atoms with Crippen LogP contribution in [0.4, 0.5) is 0 Å². The number of rotatable bonds is 9. The van der Waals surface area contributed by atoms with Gasteiger partial charge >= 0.3 is 0 Å². The second-order valence-electron chi connectivity index (χ2n) is 4.96. The molecule has 0 saturated heterocycles. The molecule has 104 valence electrons. The number of hydrogen-bond acceptors (Lipinski definition) is 3. The molecule has 0 aliphatic heterocycles. The molecule has 0 radical (unpaired) electrons. The first-order valence-corrected chi connectivity index (χ1v) is 7.01. The van der Waals surface area contributed by atoms with Crippen LogP contribution in [0.2, 0.25) is 0 Å². The van der Waals surface area contributed by atoms with E-state index in [4.69, 9.17) is 0 Å². The van der Waals surface area contributed by atoms with Crippen LogP contribution in [0.1, 0.15) is 38.7 Å². The Morgan fingerprint density at radius 2 is 2.37 bits per heavy atom. The number of nitrogens with one attached hydrogen (secondary N) is 1. The number of nitrogens with zero attached hydrogens (tertiary/aromatic N) is 1. The van der Waals surface area contributed by atoms with Gasteiger partial charge in [0.25, 0.3) is 0 Å². The van der Waals surface area contributed by atoms with Gasteiger partial charge in [-0.2, -0.15) is 0 Å². The van der Waals surface area contributed by atoms with Gasteiger partial charge in [0.15, 0.2) is 0 Å². The molecule has 1 N–H and O–H groups in total. The Morgan fingerprint density at radius 1 is 1.53 bits per heavy atom. The maximum absolute atomic E-state index is 11.7. The highest BCUT2D eigenvalue weighted by Crippen LogP contribution is 2.09. The van der Waals surface area contributed by atoms with E-state index in [0.717, 1.165) is 18.4 Å². The van der Waals surface area contributed by atoms with E-state index in [2.05, 4.69) is 24.1 Å². The van der Waals surface area contributed by atoms with Crippen LogP contribution in [-0.4, -0.2) is 23.9 Å². The summed E-state index contributed by atoms with van der Waals surface area (Å²) in [5.41, 5.74) is 1.08. The molecule has 1 rings (SSSR count). The quantitative estimate of drug-likeness (QED) is 0.694. The van der Waals surface area contributed by atoms with Gasteiger partial charge in [-0.1, -0.05) is 44.9 Å². The van der Waals surface area contributed by atoms with E-state index in [1.165, 1.54) is 0 Å². The molecule has 1 atom stereocenters. The van der Waals surface area contributed by atoms with Gasteiger partial charge < -0.3 is 5.32 Å². The van der Waals surface area contributed by atoms with E-state index in [9.17, 15) is 4.79 Å². The average molecular weight is 260 g/mol. The van der Waals surface area contributed by atoms with Crippen molar-refractivity contribution in [3.05, 3.63) is 36.2 Å². The highest BCUT2D eigenvalue weighted by Gasteiger charge is 2.07. The van der Waals surface area contributed by atoms with Gasteiger partial charge in [-0.25, -0.2) is 0 Å². The molecule has 0 aliphatic carbocycles. The third-order valence-electron chi connectivity index (χ3n) is 2.94. The predicted octanol–water partition coefficient (Wildman–Crippen LogP) is 3.08. The van der Waals surface area contributed by atoms with Crippen LogP contribution < -0.4 is 5.32 Å². The zero-order chi connectivity index (χ0) is 13.9. The number of carbonyl (C=O) groups is 1. The Bertz CT molecular complexity index is 387. The number of aromatic nitrogens is 1. The van der Waals surface area contributed by atoms with E-state index in [-0.39, 0.29) is 0 Å². The smallest absolute Gasteiger partial charge is 0.146 e. The largest absolute Gasteiger partial charge is 0.306 e. The van der Waals surface area contributed by atoms with Crippen LogP contribution in [0, 0.1) is 5.92 Å². The summed E-state index contributed by atoms with van der Waals surface area (Å²) in [5.74, 6) is 0.806. The highest BCUT2D eigenvalue weighted by molar-refractivity contribution is 5.80. The molecule has 0 bridgehead atoms. The molecular weight excluding hydrogens is 236 g/mol. The number of pyridine rings is 1. The van der Waals surface area contributed by atoms with E-state index in [1.807, 2.05) is 30.5 Å². The molecule has 3 heteroatoms. The number of ketones is 1. The van der Waals surface area contributed by atoms with Crippen LogP contribution in [0.3, 0.4) is 0 Å². The summed E-state index contributed by atoms with van der Waals surface area (Å²) >= 11 is 0. The number of hydrogen-bond donors (Lipinski definition) is 1. The Balaban J connectivity index is 2.13. The molecule has 0 spiro atoms. The second kappa shape index (κ2) is 9.45. The number of carbonyl (C=O) groups excluding carboxylic acids is 1. The first-order valence-electron chi connectivity index (χ1n) is 7.01. The molecule has 0 saturated carbocycles. The van der Waals surface area contributed by atoms with Crippen LogP contribution in [-0.2, 0) is 4.79 Å². The van der Waals surface area contributed by atoms with Crippen LogP contribution in [0.5, 0.6) is 0 Å². The highest BCUT2D eigenvalue weighted by atomic mass is 16.1. The minimum absolute atomic E-state index is 0.302. The Labute approximate surface area is 116 Å². The summed E-state index contributed by atoms with van der Waals surface area (Å²) in [6, 6.07) is 3.91. The van der Waals surface area contributed by atoms with Crippen molar-refractivity contribution < 1.29 is 4.79 Å². The standard InChI is InChI=1S/C16H24N2O/c1-3-6-14(2)11-16(19)13-18-10-5-8-15-7-4-9-17-12-15/h4-5,7-9,12,14,18H,3,6,10-11,13H2,1-2H3/b8-5+. The maximum Gasteiger partial charge on any atom is 0.146 e. The van der Waals surface area contributed by atoms with Crippen molar-refractivity contribution in [3.63, 3.8) is 0 Å². The zero-order valence-corrected chi connectivity index (χ0v) is 11.9. The van der Waals surface area contributed by atoms with Crippen molar-refractivity contribution in [2.75, 3.05) is 13.1 Å². The number of Topliss-reactive ketones (excluding diaryl/α,β-unsaturated/α-hetero) is 1. The molecule has 0 fully saturated rings. The lowest BCUT2D eigenvalue weighted by Crippen LogP contribution is -2.24. The summed E-state index contributed by atoms with van der Waals surface area (Å²) in [5, 5.41) is 3.15. The normalized spacial score (nSPS) is 12.7. The molecule has 1 aromatic heterocycles. The summed E-state index contributed by atoms with van der Waals surface area (Å²) in [4.78, 5) is 15.7. The molecule has 3 nitrogen and oxygen atoms in total. The van der Waals surface area contributed by atoms with Gasteiger partial charge in [0.2, 0.25) is 0 Å². The van der Waals surface area contributed by atoms with Crippen LogP contribution in [0.15, 0.2) is 30.6 Å². The van der Waals surface area contributed by atoms with E-state index in [0.29, 0.717) is 31.2 Å². The predicted molar refractivity (Wildman–Crippen MR) is 79.8 cm³/mol. The lowest BCUT2D eigenvalue weighted by Gasteiger charge is -2.08. The molecule has 0 aliphatic rings. The zero-order valence-electron chi connectivity index (χ0n) is 11.9. The van der Waals surface area contributed by atoms with E-state index < -0.39 is 0 Å². The topological polar surface area (TPSA) is 42.0 Å². The second-order valence-corrected chi connectivity index (χ2v) is 4.96. The average Bonchev–Trinajstić information content (AvgIpc) is 2.39. The third-order valence-corrected chi connectivity index (χ3v) is 2.94. The Morgan fingerprint density at radius 3 is 3.05 bits per heavy atom. The van der Waals surface area contributed by atoms with Crippen molar-refractivity contribution in [2.24, 2.45) is 5.92 Å². The van der Waals surface area contributed by atoms with Gasteiger partial charge in [0.05, 0.1) is 6.54 Å². The van der Waals surface area contributed by atoms with Crippen molar-refractivity contribution in [3.8, 4) is 0 Å². The minimum Gasteiger partial charge on any atom is -0.306 e. The summed E-state index contributed by atoms with van der Waals surface area (Å²) in [7, 11) is 0. The van der Waals surface area contributed by atoms with Crippen LogP contribution >= 0.6 is 0 Å². The summed E-state index contributed by atoms with van der Waals surface area (Å²) < 4.78 is 0. The maximum atomic E-state index is 11.7. The molecule has 0 amide bonds. The first kappa shape index (κ1) is 15.6. The van der Waals surface area contributed by atoms with E-state index >= 15 is 0 Å². The summed E-state index contributed by atoms with van der Waals surface area (Å²) in [6.07, 6.45) is 10.6. The van der Waals surface area contributed by atoms with Gasteiger partial charge in [0.1, 0.15) is 5.78 Å². The molecular formula is C16H24N2O. The minimum atomic E-state index is 0.302. The third kappa shape index (κ3) is 7.52. The molecule has 19 heavy (non-hydrogen) atoms. The Kier molecular flexibility index (Phi) is 7.75. The molecule has 1 unspecified atom stereocenters. The fourth-order valence-corrected chi connectivity index (χ4v) is 2.02. The van der Waals surface area contributed by atoms with Gasteiger partial charge in [0, 0.05) is 25.4 Å². The van der Waals surface area contributed by atoms with Crippen molar-refractivity contribution in [1.29, 1.82) is 0 Å². The van der Waals surface area contributed by atoms with E-state index in [1.54, 1.807) is 6.20 Å². The van der Waals surface area contributed by atoms with Gasteiger partial charge in [-0.05, 0) is 17.5 Å². The molecule has 1 aromatic rings.